The highest BCUT2D eigenvalue weighted by Crippen LogP contribution is 2.39. The molecular formula is C26H25N5O. The van der Waals surface area contributed by atoms with Gasteiger partial charge in [-0.25, -0.2) is 9.97 Å². The summed E-state index contributed by atoms with van der Waals surface area (Å²) in [6.07, 6.45) is 8.38. The van der Waals surface area contributed by atoms with Crippen LogP contribution in [0, 0.1) is 0 Å². The third-order valence-electron chi connectivity index (χ3n) is 5.96. The molecule has 3 aromatic rings. The summed E-state index contributed by atoms with van der Waals surface area (Å²) < 4.78 is 0. The average Bonchev–Trinajstić information content (AvgIpc) is 3.36. The van der Waals surface area contributed by atoms with E-state index in [2.05, 4.69) is 30.1 Å². The first-order chi connectivity index (χ1) is 15.7. The second-order valence-electron chi connectivity index (χ2n) is 7.98. The lowest BCUT2D eigenvalue weighted by atomic mass is 10.0. The fourth-order valence-electron chi connectivity index (χ4n) is 4.22. The first-order valence-corrected chi connectivity index (χ1v) is 11.0. The van der Waals surface area contributed by atoms with E-state index in [1.807, 2.05) is 53.7 Å². The molecule has 2 aliphatic rings. The van der Waals surface area contributed by atoms with Crippen LogP contribution in [0.15, 0.2) is 65.8 Å². The van der Waals surface area contributed by atoms with E-state index in [-0.39, 0.29) is 5.91 Å². The molecule has 0 atom stereocenters. The summed E-state index contributed by atoms with van der Waals surface area (Å²) in [5, 5.41) is 0. The summed E-state index contributed by atoms with van der Waals surface area (Å²) >= 11 is 0. The number of hydrogen-bond acceptors (Lipinski definition) is 5. The fourth-order valence-corrected chi connectivity index (χ4v) is 4.22. The second-order valence-corrected chi connectivity index (χ2v) is 7.98. The molecule has 5 rings (SSSR count). The molecule has 0 saturated heterocycles. The van der Waals surface area contributed by atoms with E-state index < -0.39 is 0 Å². The van der Waals surface area contributed by atoms with Gasteiger partial charge in [-0.1, -0.05) is 36.4 Å². The number of carbonyl (C=O) groups excluding carboxylic acids is 1. The molecule has 0 spiro atoms. The van der Waals surface area contributed by atoms with Crippen molar-refractivity contribution in [1.29, 1.82) is 0 Å². The number of carbonyl (C=O) groups is 1. The van der Waals surface area contributed by atoms with Crippen LogP contribution < -0.4 is 9.80 Å². The maximum absolute atomic E-state index is 13.4. The molecule has 1 amide bonds. The Balaban J connectivity index is 1.53. The molecule has 0 unspecified atom stereocenters. The van der Waals surface area contributed by atoms with E-state index >= 15 is 0 Å². The molecule has 2 aliphatic heterocycles. The molecule has 0 N–H and O–H groups in total. The molecule has 32 heavy (non-hydrogen) atoms. The van der Waals surface area contributed by atoms with Crippen molar-refractivity contribution in [2.75, 3.05) is 23.4 Å². The van der Waals surface area contributed by atoms with Gasteiger partial charge >= 0.3 is 0 Å². The molecule has 0 radical (unpaired) electrons. The van der Waals surface area contributed by atoms with Crippen LogP contribution in [0.1, 0.15) is 40.5 Å². The summed E-state index contributed by atoms with van der Waals surface area (Å²) in [6.45, 7) is 2.70. The second kappa shape index (κ2) is 8.38. The lowest BCUT2D eigenvalue weighted by Crippen LogP contribution is -2.25. The van der Waals surface area contributed by atoms with Gasteiger partial charge in [-0.05, 0) is 49.1 Å². The van der Waals surface area contributed by atoms with Gasteiger partial charge in [0.05, 0.1) is 22.6 Å². The quantitative estimate of drug-likeness (QED) is 0.590. The fraction of sp³-hybridized carbons (Fsp3) is 0.231. The molecule has 0 saturated carbocycles. The number of fused-ring (bicyclic) bond motifs is 2. The minimum absolute atomic E-state index is 0.0705. The Morgan fingerprint density at radius 1 is 1.00 bits per heavy atom. The van der Waals surface area contributed by atoms with Crippen molar-refractivity contribution >= 4 is 35.1 Å². The van der Waals surface area contributed by atoms with Crippen molar-refractivity contribution in [3.8, 4) is 0 Å². The summed E-state index contributed by atoms with van der Waals surface area (Å²) in [5.74, 6) is 1.31. The van der Waals surface area contributed by atoms with Crippen molar-refractivity contribution in [2.45, 2.75) is 26.2 Å². The zero-order valence-corrected chi connectivity index (χ0v) is 18.3. The van der Waals surface area contributed by atoms with Crippen LogP contribution in [0.3, 0.4) is 0 Å². The highest BCUT2D eigenvalue weighted by Gasteiger charge is 2.31. The summed E-state index contributed by atoms with van der Waals surface area (Å²) in [6, 6.07) is 16.2. The number of hydrogen-bond donors (Lipinski definition) is 0. The van der Waals surface area contributed by atoms with Gasteiger partial charge in [0, 0.05) is 32.4 Å². The lowest BCUT2D eigenvalue weighted by molar-refractivity contribution is 0.0994. The van der Waals surface area contributed by atoms with Gasteiger partial charge in [0.2, 0.25) is 0 Å². The number of aryl methyl sites for hydroxylation is 2. The Morgan fingerprint density at radius 2 is 1.81 bits per heavy atom. The minimum atomic E-state index is -0.0705. The Hall–Kier alpha value is -3.80. The zero-order valence-electron chi connectivity index (χ0n) is 18.3. The van der Waals surface area contributed by atoms with E-state index in [1.54, 1.807) is 11.9 Å². The molecule has 0 aliphatic carbocycles. The van der Waals surface area contributed by atoms with E-state index in [9.17, 15) is 4.79 Å². The first kappa shape index (κ1) is 20.1. The van der Waals surface area contributed by atoms with Crippen molar-refractivity contribution in [3.05, 3.63) is 83.2 Å². The van der Waals surface area contributed by atoms with Gasteiger partial charge in [0.25, 0.3) is 5.91 Å². The molecule has 6 nitrogen and oxygen atoms in total. The van der Waals surface area contributed by atoms with Gasteiger partial charge in [0.1, 0.15) is 5.82 Å². The molecule has 2 aromatic heterocycles. The van der Waals surface area contributed by atoms with Crippen LogP contribution in [0.25, 0.3) is 5.70 Å². The Morgan fingerprint density at radius 3 is 2.56 bits per heavy atom. The van der Waals surface area contributed by atoms with Gasteiger partial charge in [-0.15, -0.1) is 0 Å². The van der Waals surface area contributed by atoms with E-state index in [0.717, 1.165) is 47.7 Å². The van der Waals surface area contributed by atoms with Crippen LogP contribution in [-0.4, -0.2) is 35.7 Å². The predicted octanol–water partition coefficient (Wildman–Crippen LogP) is 4.83. The van der Waals surface area contributed by atoms with Crippen LogP contribution in [0.5, 0.6) is 0 Å². The Labute approximate surface area is 188 Å². The van der Waals surface area contributed by atoms with E-state index in [0.29, 0.717) is 17.9 Å². The van der Waals surface area contributed by atoms with Gasteiger partial charge in [-0.3, -0.25) is 9.79 Å². The number of benzene rings is 1. The molecule has 0 bridgehead atoms. The highest BCUT2D eigenvalue weighted by molar-refractivity contribution is 6.12. The third-order valence-corrected chi connectivity index (χ3v) is 5.96. The monoisotopic (exact) mass is 423 g/mol. The van der Waals surface area contributed by atoms with Gasteiger partial charge < -0.3 is 9.80 Å². The summed E-state index contributed by atoms with van der Waals surface area (Å²) in [7, 11) is 1.80. The number of amides is 1. The molecule has 6 heteroatoms. The summed E-state index contributed by atoms with van der Waals surface area (Å²) in [5.41, 5.74) is 5.38. The zero-order chi connectivity index (χ0) is 22.1. The van der Waals surface area contributed by atoms with Crippen LogP contribution in [-0.2, 0) is 12.8 Å². The van der Waals surface area contributed by atoms with Crippen molar-refractivity contribution < 1.29 is 4.79 Å². The highest BCUT2D eigenvalue weighted by atomic mass is 16.2. The predicted molar refractivity (Wildman–Crippen MR) is 129 cm³/mol. The van der Waals surface area contributed by atoms with Crippen molar-refractivity contribution in [1.82, 2.24) is 9.97 Å². The lowest BCUT2D eigenvalue weighted by Gasteiger charge is -2.23. The number of anilines is 3. The average molecular weight is 424 g/mol. The smallest absolute Gasteiger partial charge is 0.261 e. The van der Waals surface area contributed by atoms with Gasteiger partial charge in [0.15, 0.2) is 5.82 Å². The Kier molecular flexibility index (Phi) is 5.27. The minimum Gasteiger partial charge on any atom is -0.309 e. The largest absolute Gasteiger partial charge is 0.309 e. The number of aliphatic imine (C=N–C) groups is 1. The van der Waals surface area contributed by atoms with Crippen LogP contribution in [0.2, 0.25) is 0 Å². The van der Waals surface area contributed by atoms with Gasteiger partial charge in [-0.2, -0.15) is 0 Å². The number of nitrogens with zero attached hydrogens (tertiary/aromatic N) is 5. The van der Waals surface area contributed by atoms with E-state index in [4.69, 9.17) is 9.97 Å². The maximum Gasteiger partial charge on any atom is 0.261 e. The Bertz CT molecular complexity index is 1230. The van der Waals surface area contributed by atoms with Crippen molar-refractivity contribution in [3.63, 3.8) is 0 Å². The normalized spacial score (nSPS) is 14.8. The standard InChI is InChI=1S/C26H25N5O/c1-3-31-24-20(16-19(17-28-24)12-11-18-8-5-4-6-9-18)26(32)30(2)23-14-13-22(29-25(23)31)21-10-7-15-27-21/h4-6,8-10,13-17H,3,7,11-12H2,1-2H3. The van der Waals surface area contributed by atoms with Crippen molar-refractivity contribution in [2.24, 2.45) is 4.99 Å². The third kappa shape index (κ3) is 3.58. The summed E-state index contributed by atoms with van der Waals surface area (Å²) in [4.78, 5) is 31.2. The van der Waals surface area contributed by atoms with E-state index in [1.165, 1.54) is 5.56 Å². The number of allylic oxidation sites excluding steroid dienone is 1. The molecular weight excluding hydrogens is 398 g/mol. The molecule has 160 valence electrons. The number of pyridine rings is 2. The maximum atomic E-state index is 13.4. The first-order valence-electron chi connectivity index (χ1n) is 11.0. The SMILES string of the molecule is CCN1c2ncc(CCc3ccccc3)cc2C(=O)N(C)c2ccc(C3=CCC=N3)nc21. The molecule has 4 heterocycles. The van der Waals surface area contributed by atoms with Crippen LogP contribution in [0.4, 0.5) is 17.3 Å². The number of aromatic nitrogens is 2. The molecule has 0 fully saturated rings. The van der Waals surface area contributed by atoms with Crippen LogP contribution >= 0.6 is 0 Å². The molecule has 1 aromatic carbocycles. The topological polar surface area (TPSA) is 61.7 Å². The number of rotatable bonds is 5.